The van der Waals surface area contributed by atoms with Crippen molar-refractivity contribution in [1.29, 1.82) is 0 Å². The quantitative estimate of drug-likeness (QED) is 0.809. The van der Waals surface area contributed by atoms with Gasteiger partial charge in [-0.1, -0.05) is 12.8 Å². The molecular weight excluding hydrogens is 292 g/mol. The van der Waals surface area contributed by atoms with Crippen molar-refractivity contribution < 1.29 is 14.3 Å². The third kappa shape index (κ3) is 5.74. The molecule has 1 heterocycles. The molecule has 0 aromatic heterocycles. The molecule has 124 valence electrons. The number of ether oxygens (including phenoxy) is 2. The van der Waals surface area contributed by atoms with Crippen LogP contribution >= 0.6 is 12.4 Å². The summed E-state index contributed by atoms with van der Waals surface area (Å²) in [7, 11) is 1.60. The molecule has 2 N–H and O–H groups in total. The van der Waals surface area contributed by atoms with E-state index < -0.39 is 0 Å². The Morgan fingerprint density at radius 3 is 2.29 bits per heavy atom. The number of methoxy groups -OCH3 is 1. The van der Waals surface area contributed by atoms with Crippen LogP contribution in [0, 0.1) is 0 Å². The number of carbonyl (C=O) groups is 1. The predicted molar refractivity (Wildman–Crippen MR) is 84.7 cm³/mol. The average Bonchev–Trinajstić information content (AvgIpc) is 2.98. The van der Waals surface area contributed by atoms with Crippen molar-refractivity contribution in [3.8, 4) is 0 Å². The van der Waals surface area contributed by atoms with E-state index in [0.717, 1.165) is 25.9 Å². The van der Waals surface area contributed by atoms with Crippen LogP contribution in [-0.2, 0) is 14.3 Å². The molecule has 0 aromatic rings. The molecule has 0 radical (unpaired) electrons. The van der Waals surface area contributed by atoms with E-state index in [2.05, 4.69) is 0 Å². The minimum atomic E-state index is -0.157. The van der Waals surface area contributed by atoms with Gasteiger partial charge in [-0.05, 0) is 25.7 Å². The van der Waals surface area contributed by atoms with Gasteiger partial charge in [0, 0.05) is 26.7 Å². The van der Waals surface area contributed by atoms with Crippen molar-refractivity contribution in [2.24, 2.45) is 5.73 Å². The summed E-state index contributed by atoms with van der Waals surface area (Å²) in [6, 6.07) is 0. The monoisotopic (exact) mass is 320 g/mol. The number of hydrogen-bond donors (Lipinski definition) is 1. The number of carbonyl (C=O) groups excluding carboxylic acids is 1. The van der Waals surface area contributed by atoms with Crippen LogP contribution in [0.15, 0.2) is 0 Å². The standard InChI is InChI=1S/C15H28N2O3.ClH/c1-19-14(11-16)10-15(18)17-8-6-13(7-9-17)20-12-4-2-3-5-12;/h12-14H,2-11,16H2,1H3;1H. The first-order valence-corrected chi connectivity index (χ1v) is 7.89. The highest BCUT2D eigenvalue weighted by molar-refractivity contribution is 5.85. The smallest absolute Gasteiger partial charge is 0.225 e. The largest absolute Gasteiger partial charge is 0.380 e. The van der Waals surface area contributed by atoms with Crippen molar-refractivity contribution >= 4 is 18.3 Å². The van der Waals surface area contributed by atoms with Gasteiger partial charge in [-0.25, -0.2) is 0 Å². The van der Waals surface area contributed by atoms with Crippen molar-refractivity contribution in [3.63, 3.8) is 0 Å². The number of nitrogens with two attached hydrogens (primary N) is 1. The van der Waals surface area contributed by atoms with E-state index in [1.54, 1.807) is 7.11 Å². The number of piperidine rings is 1. The molecule has 1 unspecified atom stereocenters. The Bertz CT molecular complexity index is 299. The highest BCUT2D eigenvalue weighted by Crippen LogP contribution is 2.25. The highest BCUT2D eigenvalue weighted by atomic mass is 35.5. The van der Waals surface area contributed by atoms with E-state index in [0.29, 0.717) is 25.2 Å². The van der Waals surface area contributed by atoms with Gasteiger partial charge in [-0.15, -0.1) is 12.4 Å². The lowest BCUT2D eigenvalue weighted by molar-refractivity contribution is -0.137. The first-order chi connectivity index (χ1) is 9.72. The summed E-state index contributed by atoms with van der Waals surface area (Å²) in [4.78, 5) is 14.1. The molecule has 1 atom stereocenters. The zero-order chi connectivity index (χ0) is 14.4. The zero-order valence-electron chi connectivity index (χ0n) is 13.0. The first kappa shape index (κ1) is 18.7. The van der Waals surface area contributed by atoms with E-state index >= 15 is 0 Å². The summed E-state index contributed by atoms with van der Waals surface area (Å²) >= 11 is 0. The molecule has 2 aliphatic rings. The normalized spacial score (nSPS) is 22.1. The average molecular weight is 321 g/mol. The number of halogens is 1. The van der Waals surface area contributed by atoms with Crippen molar-refractivity contribution in [2.75, 3.05) is 26.7 Å². The van der Waals surface area contributed by atoms with Crippen LogP contribution in [0.5, 0.6) is 0 Å². The molecule has 0 bridgehead atoms. The Kier molecular flexibility index (Phi) is 8.56. The lowest BCUT2D eigenvalue weighted by Crippen LogP contribution is -2.43. The Morgan fingerprint density at radius 1 is 1.19 bits per heavy atom. The van der Waals surface area contributed by atoms with E-state index in [1.165, 1.54) is 25.7 Å². The van der Waals surface area contributed by atoms with Crippen LogP contribution in [0.25, 0.3) is 0 Å². The van der Waals surface area contributed by atoms with Gasteiger partial charge in [0.05, 0.1) is 24.7 Å². The molecule has 0 aromatic carbocycles. The number of hydrogen-bond acceptors (Lipinski definition) is 4. The minimum absolute atomic E-state index is 0. The van der Waals surface area contributed by atoms with E-state index in [9.17, 15) is 4.79 Å². The van der Waals surface area contributed by atoms with Crippen molar-refractivity contribution in [1.82, 2.24) is 4.90 Å². The van der Waals surface area contributed by atoms with Gasteiger partial charge in [0.2, 0.25) is 5.91 Å². The summed E-state index contributed by atoms with van der Waals surface area (Å²) in [5.74, 6) is 0.154. The Balaban J connectivity index is 0.00000220. The van der Waals surface area contributed by atoms with Gasteiger partial charge < -0.3 is 20.1 Å². The van der Waals surface area contributed by atoms with Crippen LogP contribution in [0.1, 0.15) is 44.9 Å². The maximum Gasteiger partial charge on any atom is 0.225 e. The summed E-state index contributed by atoms with van der Waals surface area (Å²) in [6.45, 7) is 2.00. The fourth-order valence-corrected chi connectivity index (χ4v) is 3.12. The van der Waals surface area contributed by atoms with Crippen molar-refractivity contribution in [3.05, 3.63) is 0 Å². The Hall–Kier alpha value is -0.360. The molecular formula is C15H29ClN2O3. The molecule has 21 heavy (non-hydrogen) atoms. The third-order valence-corrected chi connectivity index (χ3v) is 4.48. The first-order valence-electron chi connectivity index (χ1n) is 7.89. The van der Waals surface area contributed by atoms with Crippen LogP contribution in [0.3, 0.4) is 0 Å². The molecule has 0 spiro atoms. The second kappa shape index (κ2) is 9.62. The highest BCUT2D eigenvalue weighted by Gasteiger charge is 2.27. The van der Waals surface area contributed by atoms with Gasteiger partial charge in [-0.3, -0.25) is 4.79 Å². The molecule has 1 saturated heterocycles. The third-order valence-electron chi connectivity index (χ3n) is 4.48. The fraction of sp³-hybridized carbons (Fsp3) is 0.933. The van der Waals surface area contributed by atoms with Crippen LogP contribution in [0.2, 0.25) is 0 Å². The van der Waals surface area contributed by atoms with Crippen LogP contribution < -0.4 is 5.73 Å². The van der Waals surface area contributed by atoms with Crippen LogP contribution in [-0.4, -0.2) is 55.9 Å². The molecule has 2 fully saturated rings. The predicted octanol–water partition coefficient (Wildman–Crippen LogP) is 1.72. The molecule has 2 rings (SSSR count). The second-order valence-electron chi connectivity index (χ2n) is 5.92. The molecule has 1 aliphatic carbocycles. The lowest BCUT2D eigenvalue weighted by atomic mass is 10.1. The van der Waals surface area contributed by atoms with E-state index in [-0.39, 0.29) is 24.4 Å². The number of amides is 1. The second-order valence-corrected chi connectivity index (χ2v) is 5.92. The molecule has 1 saturated carbocycles. The number of likely N-dealkylation sites (tertiary alicyclic amines) is 1. The van der Waals surface area contributed by atoms with Gasteiger partial charge >= 0.3 is 0 Å². The van der Waals surface area contributed by atoms with E-state index in [1.807, 2.05) is 4.90 Å². The molecule has 1 aliphatic heterocycles. The molecule has 6 heteroatoms. The summed E-state index contributed by atoms with van der Waals surface area (Å²) in [5, 5.41) is 0. The Labute approximate surface area is 133 Å². The Morgan fingerprint density at radius 2 is 1.76 bits per heavy atom. The lowest BCUT2D eigenvalue weighted by Gasteiger charge is -2.34. The summed E-state index contributed by atoms with van der Waals surface area (Å²) < 4.78 is 11.3. The zero-order valence-corrected chi connectivity index (χ0v) is 13.8. The van der Waals surface area contributed by atoms with Gasteiger partial charge in [-0.2, -0.15) is 0 Å². The minimum Gasteiger partial charge on any atom is -0.380 e. The SMILES string of the molecule is COC(CN)CC(=O)N1CCC(OC2CCCC2)CC1.Cl. The maximum atomic E-state index is 12.1. The molecule has 5 nitrogen and oxygen atoms in total. The van der Waals surface area contributed by atoms with Crippen molar-refractivity contribution in [2.45, 2.75) is 63.3 Å². The fourth-order valence-electron chi connectivity index (χ4n) is 3.12. The number of rotatable bonds is 6. The summed E-state index contributed by atoms with van der Waals surface area (Å²) in [5.41, 5.74) is 5.56. The van der Waals surface area contributed by atoms with Gasteiger partial charge in [0.25, 0.3) is 0 Å². The number of nitrogens with zero attached hydrogens (tertiary/aromatic N) is 1. The maximum absolute atomic E-state index is 12.1. The van der Waals surface area contributed by atoms with Gasteiger partial charge in [0.1, 0.15) is 0 Å². The summed E-state index contributed by atoms with van der Waals surface area (Å²) in [6.07, 6.45) is 8.00. The van der Waals surface area contributed by atoms with E-state index in [4.69, 9.17) is 15.2 Å². The van der Waals surface area contributed by atoms with Crippen LogP contribution in [0.4, 0.5) is 0 Å². The molecule has 1 amide bonds. The topological polar surface area (TPSA) is 64.8 Å². The van der Waals surface area contributed by atoms with Gasteiger partial charge in [0.15, 0.2) is 0 Å².